The minimum atomic E-state index is -3.67. The van der Waals surface area contributed by atoms with Gasteiger partial charge in [0.25, 0.3) is 10.0 Å². The summed E-state index contributed by atoms with van der Waals surface area (Å²) in [5, 5.41) is 0. The number of hydrogen-bond acceptors (Lipinski definition) is 3. The smallest absolute Gasteiger partial charge is 0.288 e. The van der Waals surface area contributed by atoms with Crippen LogP contribution in [0, 0.1) is 6.92 Å². The van der Waals surface area contributed by atoms with E-state index < -0.39 is 20.7 Å². The lowest BCUT2D eigenvalue weighted by Gasteiger charge is -2.08. The molecule has 0 aliphatic carbocycles. The van der Waals surface area contributed by atoms with E-state index in [0.717, 1.165) is 21.8 Å². The molecule has 0 amide bonds. The molecule has 0 spiro atoms. The molecule has 3 aromatic rings. The summed E-state index contributed by atoms with van der Waals surface area (Å²) in [6.45, 7) is 2.41. The number of nitrogens with zero attached hydrogens (tertiary/aromatic N) is 1. The summed E-state index contributed by atoms with van der Waals surface area (Å²) in [5.41, 5.74) is 2.10. The Morgan fingerprint density at radius 3 is 2.15 bits per heavy atom. The monoisotopic (exact) mass is 399 g/mol. The maximum absolute atomic E-state index is 12.5. The maximum Gasteiger partial charge on any atom is 0.288 e. The average molecular weight is 400 g/mol. The molecule has 0 aliphatic heterocycles. The molecular formula is C21H21NO3S2. The second kappa shape index (κ2) is 8.50. The van der Waals surface area contributed by atoms with Gasteiger partial charge >= 0.3 is 0 Å². The van der Waals surface area contributed by atoms with Crippen LogP contribution in [0.15, 0.2) is 92.4 Å². The predicted molar refractivity (Wildman–Crippen MR) is 110 cm³/mol. The first-order chi connectivity index (χ1) is 12.9. The number of benzene rings is 3. The van der Waals surface area contributed by atoms with Gasteiger partial charge < -0.3 is 4.74 Å². The van der Waals surface area contributed by atoms with Crippen molar-refractivity contribution >= 4 is 20.7 Å². The van der Waals surface area contributed by atoms with Crippen molar-refractivity contribution in [3.8, 4) is 5.75 Å². The Kier molecular flexibility index (Phi) is 6.08. The molecule has 3 rings (SSSR count). The summed E-state index contributed by atoms with van der Waals surface area (Å²) < 4.78 is 34.8. The quantitative estimate of drug-likeness (QED) is 0.601. The fourth-order valence-electron chi connectivity index (χ4n) is 2.42. The van der Waals surface area contributed by atoms with Gasteiger partial charge in [-0.2, -0.15) is 8.42 Å². The third kappa shape index (κ3) is 5.28. The second-order valence-electron chi connectivity index (χ2n) is 6.09. The second-order valence-corrected chi connectivity index (χ2v) is 9.53. The molecule has 0 aromatic heterocycles. The van der Waals surface area contributed by atoms with Crippen molar-refractivity contribution in [1.29, 1.82) is 0 Å². The van der Waals surface area contributed by atoms with Crippen LogP contribution in [0.1, 0.15) is 11.1 Å². The van der Waals surface area contributed by atoms with Gasteiger partial charge in [0.1, 0.15) is 12.4 Å². The third-order valence-electron chi connectivity index (χ3n) is 3.94. The standard InChI is InChI=1S/C21H21NO3S2/c1-17-8-14-21(15-9-17)27(23,24)22-26(2)20-12-10-19(11-13-20)25-16-18-6-4-3-5-7-18/h3-15H,16H2,1-2H3/t26-/m0/s1. The first kappa shape index (κ1) is 19.3. The zero-order chi connectivity index (χ0) is 19.3. The maximum atomic E-state index is 12.5. The molecule has 0 N–H and O–H groups in total. The van der Waals surface area contributed by atoms with Crippen LogP contribution in [0.2, 0.25) is 0 Å². The van der Waals surface area contributed by atoms with Crippen LogP contribution in [-0.4, -0.2) is 14.7 Å². The molecule has 140 valence electrons. The van der Waals surface area contributed by atoms with Gasteiger partial charge in [-0.25, -0.2) is 0 Å². The Hall–Kier alpha value is -2.44. The molecule has 0 heterocycles. The largest absolute Gasteiger partial charge is 0.489 e. The third-order valence-corrected chi connectivity index (χ3v) is 7.44. The highest BCUT2D eigenvalue weighted by molar-refractivity contribution is 7.99. The van der Waals surface area contributed by atoms with Gasteiger partial charge in [0, 0.05) is 4.90 Å². The van der Waals surface area contributed by atoms with Gasteiger partial charge in [-0.05, 0) is 55.1 Å². The highest BCUT2D eigenvalue weighted by Gasteiger charge is 2.13. The van der Waals surface area contributed by atoms with Gasteiger partial charge in [-0.3, -0.25) is 0 Å². The van der Waals surface area contributed by atoms with Gasteiger partial charge in [0.05, 0.1) is 4.90 Å². The summed E-state index contributed by atoms with van der Waals surface area (Å²) in [6, 6.07) is 24.1. The molecule has 0 saturated carbocycles. The van der Waals surface area contributed by atoms with E-state index in [1.54, 1.807) is 30.5 Å². The predicted octanol–water partition coefficient (Wildman–Crippen LogP) is 4.75. The van der Waals surface area contributed by atoms with Crippen molar-refractivity contribution in [2.24, 2.45) is 3.77 Å². The SMILES string of the molecule is Cc1ccc(S(=O)(=O)N=[S@@](C)c2ccc(OCc3ccccc3)cc2)cc1. The summed E-state index contributed by atoms with van der Waals surface area (Å²) in [4.78, 5) is 1.06. The molecule has 4 nitrogen and oxygen atoms in total. The zero-order valence-corrected chi connectivity index (χ0v) is 16.8. The molecule has 0 radical (unpaired) electrons. The average Bonchev–Trinajstić information content (AvgIpc) is 2.67. The van der Waals surface area contributed by atoms with Gasteiger partial charge in [0.15, 0.2) is 0 Å². The normalized spacial score (nSPS) is 12.7. The Morgan fingerprint density at radius 2 is 1.52 bits per heavy atom. The van der Waals surface area contributed by atoms with E-state index in [2.05, 4.69) is 3.77 Å². The molecule has 3 aromatic carbocycles. The van der Waals surface area contributed by atoms with Crippen molar-refractivity contribution in [3.05, 3.63) is 90.0 Å². The summed E-state index contributed by atoms with van der Waals surface area (Å²) >= 11 is 0. The van der Waals surface area contributed by atoms with E-state index in [0.29, 0.717) is 6.61 Å². The number of rotatable bonds is 6. The summed E-state index contributed by atoms with van der Waals surface area (Å²) in [7, 11) is -4.45. The lowest BCUT2D eigenvalue weighted by molar-refractivity contribution is 0.306. The fourth-order valence-corrected chi connectivity index (χ4v) is 5.29. The van der Waals surface area contributed by atoms with Crippen LogP contribution < -0.4 is 4.74 Å². The van der Waals surface area contributed by atoms with Crippen LogP contribution in [-0.2, 0) is 27.3 Å². The Balaban J connectivity index is 1.72. The molecule has 0 aliphatic rings. The number of hydrogen-bond donors (Lipinski definition) is 0. The Bertz CT molecular complexity index is 1030. The summed E-state index contributed by atoms with van der Waals surface area (Å²) in [5.74, 6) is 0.737. The molecule has 27 heavy (non-hydrogen) atoms. The van der Waals surface area contributed by atoms with Crippen LogP contribution >= 0.6 is 0 Å². The van der Waals surface area contributed by atoms with Crippen LogP contribution in [0.4, 0.5) is 0 Å². The van der Waals surface area contributed by atoms with Crippen molar-refractivity contribution < 1.29 is 13.2 Å². The molecule has 1 atom stereocenters. The lowest BCUT2D eigenvalue weighted by Crippen LogP contribution is -2.00. The number of sulfonamides is 1. The van der Waals surface area contributed by atoms with Crippen molar-refractivity contribution in [2.75, 3.05) is 6.26 Å². The van der Waals surface area contributed by atoms with Crippen molar-refractivity contribution in [1.82, 2.24) is 0 Å². The topological polar surface area (TPSA) is 55.7 Å². The van der Waals surface area contributed by atoms with Gasteiger partial charge in [-0.15, -0.1) is 3.77 Å². The van der Waals surface area contributed by atoms with Crippen LogP contribution in [0.3, 0.4) is 0 Å². The molecule has 0 saturated heterocycles. The number of aryl methyl sites for hydroxylation is 1. The minimum Gasteiger partial charge on any atom is -0.489 e. The first-order valence-electron chi connectivity index (χ1n) is 8.41. The van der Waals surface area contributed by atoms with Gasteiger partial charge in [-0.1, -0.05) is 58.7 Å². The molecule has 0 unspecified atom stereocenters. The van der Waals surface area contributed by atoms with Crippen LogP contribution in [0.5, 0.6) is 5.75 Å². The molecule has 6 heteroatoms. The van der Waals surface area contributed by atoms with Gasteiger partial charge in [0.2, 0.25) is 0 Å². The minimum absolute atomic E-state index is 0.218. The summed E-state index contributed by atoms with van der Waals surface area (Å²) in [6.07, 6.45) is 1.80. The Labute approximate surface area is 163 Å². The van der Waals surface area contributed by atoms with Crippen molar-refractivity contribution in [3.63, 3.8) is 0 Å². The van der Waals surface area contributed by atoms with E-state index in [1.807, 2.05) is 61.5 Å². The highest BCUT2D eigenvalue weighted by Crippen LogP contribution is 2.20. The first-order valence-corrected chi connectivity index (χ1v) is 11.4. The van der Waals surface area contributed by atoms with Crippen molar-refractivity contribution in [2.45, 2.75) is 23.3 Å². The lowest BCUT2D eigenvalue weighted by atomic mass is 10.2. The fraction of sp³-hybridized carbons (Fsp3) is 0.143. The molecule has 0 fully saturated rings. The number of ether oxygens (including phenoxy) is 1. The van der Waals surface area contributed by atoms with E-state index in [9.17, 15) is 8.42 Å². The zero-order valence-electron chi connectivity index (χ0n) is 15.2. The van der Waals surface area contributed by atoms with E-state index in [-0.39, 0.29) is 4.90 Å². The van der Waals surface area contributed by atoms with E-state index in [1.165, 1.54) is 0 Å². The van der Waals surface area contributed by atoms with Crippen LogP contribution in [0.25, 0.3) is 0 Å². The Morgan fingerprint density at radius 1 is 0.889 bits per heavy atom. The molecule has 0 bridgehead atoms. The van der Waals surface area contributed by atoms with E-state index >= 15 is 0 Å². The molecular weight excluding hydrogens is 378 g/mol. The van der Waals surface area contributed by atoms with E-state index in [4.69, 9.17) is 4.74 Å². The highest BCUT2D eigenvalue weighted by atomic mass is 32.3.